The Morgan fingerprint density at radius 2 is 1.76 bits per heavy atom. The first-order chi connectivity index (χ1) is 16.2. The van der Waals surface area contributed by atoms with Crippen molar-refractivity contribution in [3.8, 4) is 0 Å². The average molecular weight is 473 g/mol. The van der Waals surface area contributed by atoms with Crippen LogP contribution in [-0.4, -0.2) is 17.6 Å². The maximum atomic E-state index is 13.5. The van der Waals surface area contributed by atoms with Crippen molar-refractivity contribution >= 4 is 29.5 Å². The predicted octanol–water partition coefficient (Wildman–Crippen LogP) is 4.37. The molecule has 0 N–H and O–H groups in total. The number of carbonyl (C=O) groups is 1. The molecule has 1 aliphatic heterocycles. The van der Waals surface area contributed by atoms with E-state index in [-0.39, 0.29) is 11.0 Å². The van der Waals surface area contributed by atoms with E-state index in [1.807, 2.05) is 54.6 Å². The van der Waals surface area contributed by atoms with Crippen molar-refractivity contribution in [3.05, 3.63) is 108 Å². The van der Waals surface area contributed by atoms with Gasteiger partial charge in [0.05, 0.1) is 29.0 Å². The number of thiazole rings is 1. The Hall–Kier alpha value is -3.51. The molecule has 2 heterocycles. The Bertz CT molecular complexity index is 1450. The van der Waals surface area contributed by atoms with E-state index in [4.69, 9.17) is 4.74 Å². The summed E-state index contributed by atoms with van der Waals surface area (Å²) in [7, 11) is 1.35. The minimum Gasteiger partial charge on any atom is -0.466 e. The van der Waals surface area contributed by atoms with Crippen LogP contribution < -0.4 is 14.9 Å². The summed E-state index contributed by atoms with van der Waals surface area (Å²) in [6.07, 6.45) is 5.61. The van der Waals surface area contributed by atoms with Gasteiger partial charge in [0.1, 0.15) is 0 Å². The Balaban J connectivity index is 1.85. The third-order valence-corrected chi connectivity index (χ3v) is 6.86. The van der Waals surface area contributed by atoms with Crippen molar-refractivity contribution < 1.29 is 9.53 Å². The molecular formula is C28H28N2O3S. The maximum Gasteiger partial charge on any atom is 0.338 e. The Kier molecular flexibility index (Phi) is 6.53. The topological polar surface area (TPSA) is 60.7 Å². The zero-order valence-corrected chi connectivity index (χ0v) is 20.8. The molecule has 3 aromatic rings. The molecule has 5 nitrogen and oxygen atoms in total. The van der Waals surface area contributed by atoms with Gasteiger partial charge in [0.2, 0.25) is 0 Å². The summed E-state index contributed by atoms with van der Waals surface area (Å²) in [4.78, 5) is 31.4. The largest absolute Gasteiger partial charge is 0.466 e. The van der Waals surface area contributed by atoms with Gasteiger partial charge in [-0.05, 0) is 35.1 Å². The van der Waals surface area contributed by atoms with Gasteiger partial charge >= 0.3 is 5.97 Å². The number of allylic oxidation sites excluding steroid dienone is 2. The lowest BCUT2D eigenvalue weighted by Gasteiger charge is -2.25. The molecule has 6 heteroatoms. The maximum absolute atomic E-state index is 13.5. The molecule has 174 valence electrons. The first kappa shape index (κ1) is 23.6. The molecule has 0 fully saturated rings. The number of carbonyl (C=O) groups excluding carboxylic acids is 1. The molecule has 0 radical (unpaired) electrons. The fourth-order valence-electron chi connectivity index (χ4n) is 4.00. The third-order valence-electron chi connectivity index (χ3n) is 5.86. The number of methoxy groups -OCH3 is 1. The summed E-state index contributed by atoms with van der Waals surface area (Å²) in [6.45, 7) is 8.24. The lowest BCUT2D eigenvalue weighted by atomic mass is 9.85. The van der Waals surface area contributed by atoms with Gasteiger partial charge in [-0.15, -0.1) is 0 Å². The predicted molar refractivity (Wildman–Crippen MR) is 137 cm³/mol. The van der Waals surface area contributed by atoms with Crippen molar-refractivity contribution in [3.63, 3.8) is 0 Å². The second-order valence-electron chi connectivity index (χ2n) is 9.24. The van der Waals surface area contributed by atoms with E-state index < -0.39 is 12.0 Å². The lowest BCUT2D eigenvalue weighted by Crippen LogP contribution is -2.39. The number of hydrogen-bond acceptors (Lipinski definition) is 5. The molecular weight excluding hydrogens is 444 g/mol. The number of ether oxygens (including phenoxy) is 1. The van der Waals surface area contributed by atoms with E-state index in [0.717, 1.165) is 11.1 Å². The second-order valence-corrected chi connectivity index (χ2v) is 10.2. The summed E-state index contributed by atoms with van der Waals surface area (Å²) in [5.74, 6) is -0.482. The zero-order valence-electron chi connectivity index (χ0n) is 20.0. The molecule has 0 saturated heterocycles. The Labute approximate surface area is 203 Å². The van der Waals surface area contributed by atoms with Gasteiger partial charge in [-0.2, -0.15) is 0 Å². The van der Waals surface area contributed by atoms with Gasteiger partial charge in [0.25, 0.3) is 5.56 Å². The molecule has 1 aromatic heterocycles. The van der Waals surface area contributed by atoms with Crippen LogP contribution in [0.4, 0.5) is 0 Å². The summed E-state index contributed by atoms with van der Waals surface area (Å²) in [5, 5.41) is 0. The van der Waals surface area contributed by atoms with Gasteiger partial charge in [-0.1, -0.05) is 98.9 Å². The third kappa shape index (κ3) is 4.59. The average Bonchev–Trinajstić information content (AvgIpc) is 3.12. The van der Waals surface area contributed by atoms with Crippen LogP contribution >= 0.6 is 11.3 Å². The van der Waals surface area contributed by atoms with Gasteiger partial charge in [0.15, 0.2) is 4.80 Å². The van der Waals surface area contributed by atoms with Gasteiger partial charge < -0.3 is 4.74 Å². The number of nitrogens with zero attached hydrogens (tertiary/aromatic N) is 2. The molecule has 1 aliphatic rings. The van der Waals surface area contributed by atoms with Crippen LogP contribution in [0, 0.1) is 0 Å². The normalized spacial score (nSPS) is 16.5. The number of rotatable bonds is 4. The molecule has 0 aliphatic carbocycles. The van der Waals surface area contributed by atoms with Crippen molar-refractivity contribution in [2.75, 3.05) is 7.11 Å². The number of aromatic nitrogens is 1. The smallest absolute Gasteiger partial charge is 0.338 e. The lowest BCUT2D eigenvalue weighted by molar-refractivity contribution is -0.136. The van der Waals surface area contributed by atoms with E-state index >= 15 is 0 Å². The van der Waals surface area contributed by atoms with E-state index in [0.29, 0.717) is 20.6 Å². The molecule has 34 heavy (non-hydrogen) atoms. The second kappa shape index (κ2) is 9.39. The van der Waals surface area contributed by atoms with Crippen LogP contribution in [0.3, 0.4) is 0 Å². The summed E-state index contributed by atoms with van der Waals surface area (Å²) in [5.41, 5.74) is 3.82. The SMILES string of the molecule is COC(=O)C1=C(C)N=c2s/c(=C/C=C/c3ccccc3)c(=O)n2[C@@H]1c1ccc(C(C)(C)C)cc1. The molecule has 0 unspecified atom stereocenters. The van der Waals surface area contributed by atoms with Gasteiger partial charge in [-0.25, -0.2) is 9.79 Å². The van der Waals surface area contributed by atoms with Crippen LogP contribution in [0.25, 0.3) is 12.2 Å². The number of fused-ring (bicyclic) bond motifs is 1. The van der Waals surface area contributed by atoms with Crippen molar-refractivity contribution in [2.24, 2.45) is 4.99 Å². The van der Waals surface area contributed by atoms with Crippen LogP contribution in [0.2, 0.25) is 0 Å². The Morgan fingerprint density at radius 1 is 1.09 bits per heavy atom. The van der Waals surface area contributed by atoms with Crippen molar-refractivity contribution in [1.29, 1.82) is 0 Å². The standard InChI is InChI=1S/C28H28N2O3S/c1-18-23(26(32)33-5)24(20-14-16-21(17-15-20)28(2,3)4)30-25(31)22(34-27(30)29-18)13-9-12-19-10-7-6-8-11-19/h6-17,24H,1-5H3/b12-9+,22-13+/t24-/m1/s1. The molecule has 0 amide bonds. The first-order valence-corrected chi connectivity index (χ1v) is 12.0. The minimum atomic E-state index is -0.599. The van der Waals surface area contributed by atoms with E-state index in [9.17, 15) is 9.59 Å². The van der Waals surface area contributed by atoms with Crippen LogP contribution in [0.5, 0.6) is 0 Å². The molecule has 0 spiro atoms. The van der Waals surface area contributed by atoms with Crippen molar-refractivity contribution in [2.45, 2.75) is 39.2 Å². The van der Waals surface area contributed by atoms with Crippen LogP contribution in [0.15, 0.2) is 81.7 Å². The number of esters is 1. The fraction of sp³-hybridized carbons (Fsp3) is 0.250. The Morgan fingerprint density at radius 3 is 2.38 bits per heavy atom. The van der Waals surface area contributed by atoms with E-state index in [2.05, 4.69) is 37.9 Å². The number of benzene rings is 2. The van der Waals surface area contributed by atoms with E-state index in [1.54, 1.807) is 17.6 Å². The van der Waals surface area contributed by atoms with Gasteiger partial charge in [0, 0.05) is 0 Å². The highest BCUT2D eigenvalue weighted by atomic mass is 32.1. The van der Waals surface area contributed by atoms with E-state index in [1.165, 1.54) is 24.0 Å². The molecule has 0 bridgehead atoms. The van der Waals surface area contributed by atoms with Crippen molar-refractivity contribution in [1.82, 2.24) is 4.57 Å². The highest BCUT2D eigenvalue weighted by Crippen LogP contribution is 2.32. The highest BCUT2D eigenvalue weighted by Gasteiger charge is 2.33. The molecule has 0 saturated carbocycles. The highest BCUT2D eigenvalue weighted by molar-refractivity contribution is 7.07. The van der Waals surface area contributed by atoms with Crippen LogP contribution in [-0.2, 0) is 14.9 Å². The molecule has 1 atom stereocenters. The molecule has 4 rings (SSSR count). The van der Waals surface area contributed by atoms with Crippen LogP contribution in [0.1, 0.15) is 50.4 Å². The molecule has 2 aromatic carbocycles. The minimum absolute atomic E-state index is 0.00500. The fourth-order valence-corrected chi connectivity index (χ4v) is 5.00. The summed E-state index contributed by atoms with van der Waals surface area (Å²) >= 11 is 1.32. The van der Waals surface area contributed by atoms with Gasteiger partial charge in [-0.3, -0.25) is 9.36 Å². The first-order valence-electron chi connectivity index (χ1n) is 11.1. The summed E-state index contributed by atoms with van der Waals surface area (Å²) in [6, 6.07) is 17.4. The summed E-state index contributed by atoms with van der Waals surface area (Å²) < 4.78 is 7.24. The zero-order chi connectivity index (χ0) is 24.5. The quantitative estimate of drug-likeness (QED) is 0.530. The number of hydrogen-bond donors (Lipinski definition) is 0. The monoisotopic (exact) mass is 472 g/mol.